The second-order valence-corrected chi connectivity index (χ2v) is 10.8. The Morgan fingerprint density at radius 2 is 1.88 bits per heavy atom. The Bertz CT molecular complexity index is 1010. The molecule has 1 N–H and O–H groups in total. The normalized spacial score (nSPS) is 22.6. The van der Waals surface area contributed by atoms with Crippen molar-refractivity contribution < 1.29 is 14.3 Å². The fourth-order valence-electron chi connectivity index (χ4n) is 5.12. The number of thiazole rings is 1. The van der Waals surface area contributed by atoms with E-state index in [1.807, 2.05) is 4.90 Å². The van der Waals surface area contributed by atoms with Gasteiger partial charge in [0.2, 0.25) is 11.8 Å². The van der Waals surface area contributed by atoms with Crippen molar-refractivity contribution in [2.75, 3.05) is 26.2 Å². The van der Waals surface area contributed by atoms with Gasteiger partial charge in [0.25, 0.3) is 0 Å². The lowest BCUT2D eigenvalue weighted by atomic mass is 9.86. The van der Waals surface area contributed by atoms with Crippen LogP contribution in [-0.4, -0.2) is 64.9 Å². The van der Waals surface area contributed by atoms with E-state index in [1.165, 1.54) is 39.3 Å². The van der Waals surface area contributed by atoms with E-state index in [0.717, 1.165) is 46.2 Å². The van der Waals surface area contributed by atoms with Crippen LogP contribution < -0.4 is 10.1 Å². The van der Waals surface area contributed by atoms with Crippen LogP contribution in [0.3, 0.4) is 0 Å². The standard InChI is InChI=1S/C26H34N4O3S/c1-18(31)27-11-9-25(32)30-14-10-23-24(17-30)34-26(28-23)19-5-7-21(8-6-19)33-22-15-20(16-22)29-12-3-2-4-13-29/h5-8,20,22H,2-4,9-17H2,1H3,(H,27,31). The summed E-state index contributed by atoms with van der Waals surface area (Å²) in [7, 11) is 0. The minimum atomic E-state index is -0.105. The fraction of sp³-hybridized carbons (Fsp3) is 0.577. The van der Waals surface area contributed by atoms with Crippen molar-refractivity contribution in [3.8, 4) is 16.3 Å². The molecule has 0 bridgehead atoms. The molecule has 5 rings (SSSR count). The average molecular weight is 483 g/mol. The summed E-state index contributed by atoms with van der Waals surface area (Å²) in [5, 5.41) is 3.69. The highest BCUT2D eigenvalue weighted by atomic mass is 32.1. The maximum Gasteiger partial charge on any atom is 0.224 e. The molecule has 1 aromatic heterocycles. The number of amides is 2. The highest BCUT2D eigenvalue weighted by Crippen LogP contribution is 2.34. The first kappa shape index (κ1) is 23.3. The molecule has 2 aromatic rings. The summed E-state index contributed by atoms with van der Waals surface area (Å²) in [4.78, 5) is 34.0. The quantitative estimate of drug-likeness (QED) is 0.653. The van der Waals surface area contributed by atoms with Crippen LogP contribution in [0.2, 0.25) is 0 Å². The van der Waals surface area contributed by atoms with Crippen molar-refractivity contribution in [3.63, 3.8) is 0 Å². The van der Waals surface area contributed by atoms with E-state index in [2.05, 4.69) is 34.5 Å². The number of fused-ring (bicyclic) bond motifs is 1. The molecule has 0 atom stereocenters. The predicted molar refractivity (Wildman–Crippen MR) is 133 cm³/mol. The van der Waals surface area contributed by atoms with Gasteiger partial charge in [0.15, 0.2) is 0 Å². The number of hydrogen-bond donors (Lipinski definition) is 1. The summed E-state index contributed by atoms with van der Waals surface area (Å²) in [6, 6.07) is 9.01. The number of piperidine rings is 1. The van der Waals surface area contributed by atoms with Gasteiger partial charge >= 0.3 is 0 Å². The number of carbonyl (C=O) groups is 2. The molecule has 1 aliphatic carbocycles. The maximum absolute atomic E-state index is 12.5. The molecule has 1 aromatic carbocycles. The Hall–Kier alpha value is -2.45. The molecule has 1 saturated carbocycles. The second-order valence-electron chi connectivity index (χ2n) is 9.67. The third kappa shape index (κ3) is 5.44. The molecule has 8 heteroatoms. The summed E-state index contributed by atoms with van der Waals surface area (Å²) in [5.74, 6) is 0.907. The van der Waals surface area contributed by atoms with E-state index >= 15 is 0 Å². The molecule has 2 amide bonds. The summed E-state index contributed by atoms with van der Waals surface area (Å²) < 4.78 is 6.22. The van der Waals surface area contributed by atoms with Crippen LogP contribution in [0, 0.1) is 0 Å². The highest BCUT2D eigenvalue weighted by Gasteiger charge is 2.35. The number of rotatable bonds is 7. The van der Waals surface area contributed by atoms with E-state index in [-0.39, 0.29) is 11.8 Å². The molecule has 2 fully saturated rings. The minimum absolute atomic E-state index is 0.0781. The van der Waals surface area contributed by atoms with E-state index in [4.69, 9.17) is 9.72 Å². The summed E-state index contributed by atoms with van der Waals surface area (Å²) in [6.07, 6.45) is 7.79. The molecular formula is C26H34N4O3S. The first-order valence-electron chi connectivity index (χ1n) is 12.6. The Morgan fingerprint density at radius 3 is 2.62 bits per heavy atom. The number of benzene rings is 1. The Morgan fingerprint density at radius 1 is 1.12 bits per heavy atom. The van der Waals surface area contributed by atoms with Crippen molar-refractivity contribution in [3.05, 3.63) is 34.8 Å². The van der Waals surface area contributed by atoms with Crippen molar-refractivity contribution >= 4 is 23.2 Å². The zero-order chi connectivity index (χ0) is 23.5. The number of nitrogens with zero attached hydrogens (tertiary/aromatic N) is 3. The van der Waals surface area contributed by atoms with Crippen LogP contribution in [-0.2, 0) is 22.6 Å². The summed E-state index contributed by atoms with van der Waals surface area (Å²) in [6.45, 7) is 5.66. The van der Waals surface area contributed by atoms with E-state index in [9.17, 15) is 9.59 Å². The van der Waals surface area contributed by atoms with Gasteiger partial charge in [0.1, 0.15) is 16.9 Å². The smallest absolute Gasteiger partial charge is 0.224 e. The lowest BCUT2D eigenvalue weighted by Gasteiger charge is -2.44. The molecule has 7 nitrogen and oxygen atoms in total. The number of nitrogens with one attached hydrogen (secondary N) is 1. The Labute approximate surface area is 205 Å². The molecule has 0 unspecified atom stereocenters. The molecule has 2 aliphatic heterocycles. The minimum Gasteiger partial charge on any atom is -0.490 e. The molecule has 0 spiro atoms. The lowest BCUT2D eigenvalue weighted by Crippen LogP contribution is -2.50. The number of likely N-dealkylation sites (tertiary alicyclic amines) is 1. The zero-order valence-corrected chi connectivity index (χ0v) is 20.7. The third-order valence-corrected chi connectivity index (χ3v) is 8.31. The lowest BCUT2D eigenvalue weighted by molar-refractivity contribution is -0.132. The number of carbonyl (C=O) groups excluding carboxylic acids is 2. The first-order valence-corrected chi connectivity index (χ1v) is 13.4. The largest absolute Gasteiger partial charge is 0.490 e. The molecule has 3 heterocycles. The summed E-state index contributed by atoms with van der Waals surface area (Å²) in [5.41, 5.74) is 2.19. The van der Waals surface area contributed by atoms with Gasteiger partial charge < -0.3 is 19.9 Å². The first-order chi connectivity index (χ1) is 16.5. The van der Waals surface area contributed by atoms with Gasteiger partial charge in [0, 0.05) is 62.2 Å². The van der Waals surface area contributed by atoms with E-state index in [0.29, 0.717) is 38.2 Å². The van der Waals surface area contributed by atoms with Crippen LogP contribution in [0.15, 0.2) is 24.3 Å². The van der Waals surface area contributed by atoms with Gasteiger partial charge in [-0.1, -0.05) is 6.42 Å². The van der Waals surface area contributed by atoms with Crippen LogP contribution in [0.4, 0.5) is 0 Å². The number of ether oxygens (including phenoxy) is 1. The van der Waals surface area contributed by atoms with Crippen molar-refractivity contribution in [1.29, 1.82) is 0 Å². The van der Waals surface area contributed by atoms with Gasteiger partial charge in [-0.2, -0.15) is 0 Å². The molecule has 0 radical (unpaired) electrons. The number of aromatic nitrogens is 1. The van der Waals surface area contributed by atoms with Crippen molar-refractivity contribution in [2.24, 2.45) is 0 Å². The number of hydrogen-bond acceptors (Lipinski definition) is 6. The van der Waals surface area contributed by atoms with Gasteiger partial charge in [-0.3, -0.25) is 9.59 Å². The summed E-state index contributed by atoms with van der Waals surface area (Å²) >= 11 is 1.67. The highest BCUT2D eigenvalue weighted by molar-refractivity contribution is 7.15. The average Bonchev–Trinajstić information content (AvgIpc) is 3.25. The zero-order valence-electron chi connectivity index (χ0n) is 19.9. The van der Waals surface area contributed by atoms with Crippen molar-refractivity contribution in [1.82, 2.24) is 20.1 Å². The molecule has 182 valence electrons. The van der Waals surface area contributed by atoms with Crippen molar-refractivity contribution in [2.45, 2.75) is 70.6 Å². The third-order valence-electron chi connectivity index (χ3n) is 7.18. The molecule has 34 heavy (non-hydrogen) atoms. The van der Waals surface area contributed by atoms with Gasteiger partial charge in [-0.05, 0) is 50.2 Å². The van der Waals surface area contributed by atoms with Gasteiger partial charge in [-0.15, -0.1) is 11.3 Å². The molecule has 1 saturated heterocycles. The van der Waals surface area contributed by atoms with E-state index < -0.39 is 0 Å². The Kier molecular flexibility index (Phi) is 7.15. The van der Waals surface area contributed by atoms with E-state index in [1.54, 1.807) is 11.3 Å². The SMILES string of the molecule is CC(=O)NCCC(=O)N1CCc2nc(-c3ccc(OC4CC(N5CCCCC5)C4)cc3)sc2C1. The van der Waals surface area contributed by atoms with Gasteiger partial charge in [-0.25, -0.2) is 4.98 Å². The second kappa shape index (κ2) is 10.4. The van der Waals surface area contributed by atoms with Crippen LogP contribution in [0.25, 0.3) is 10.6 Å². The Balaban J connectivity index is 1.13. The fourth-order valence-corrected chi connectivity index (χ4v) is 6.25. The van der Waals surface area contributed by atoms with Crippen LogP contribution in [0.1, 0.15) is 56.0 Å². The molecular weight excluding hydrogens is 448 g/mol. The van der Waals surface area contributed by atoms with Gasteiger partial charge in [0.05, 0.1) is 12.2 Å². The molecule has 3 aliphatic rings. The van der Waals surface area contributed by atoms with Crippen LogP contribution in [0.5, 0.6) is 5.75 Å². The maximum atomic E-state index is 12.5. The van der Waals surface area contributed by atoms with Crippen LogP contribution >= 0.6 is 11.3 Å². The monoisotopic (exact) mass is 482 g/mol. The predicted octanol–water partition coefficient (Wildman–Crippen LogP) is 3.62. The topological polar surface area (TPSA) is 74.8 Å².